The largest absolute Gasteiger partial charge is 0.491 e. The molecule has 0 spiro atoms. The molecule has 3 rings (SSSR count). The van der Waals surface area contributed by atoms with Gasteiger partial charge < -0.3 is 42.4 Å². The summed E-state index contributed by atoms with van der Waals surface area (Å²) < 4.78 is 44.1. The predicted octanol–water partition coefficient (Wildman–Crippen LogP) is -0.947. The molecule has 0 fully saturated rings. The minimum absolute atomic E-state index is 0.167. The smallest absolute Gasteiger partial charge is 0.423 e. The van der Waals surface area contributed by atoms with E-state index in [0.717, 1.165) is 17.7 Å². The summed E-state index contributed by atoms with van der Waals surface area (Å²) in [4.78, 5) is 40.1. The van der Waals surface area contributed by atoms with E-state index in [9.17, 15) is 32.6 Å². The maximum absolute atomic E-state index is 13.2. The molecule has 0 aliphatic carbocycles. The number of hydrogen-bond donors (Lipinski definition) is 6. The molecule has 1 aliphatic heterocycles. The number of alkyl halides is 3. The van der Waals surface area contributed by atoms with Crippen molar-refractivity contribution in [2.24, 2.45) is 17.2 Å². The van der Waals surface area contributed by atoms with Gasteiger partial charge in [-0.05, 0) is 40.9 Å². The van der Waals surface area contributed by atoms with E-state index >= 15 is 0 Å². The number of benzene rings is 2. The molecular weight excluding hydrogens is 532 g/mol. The molecule has 11 nitrogen and oxygen atoms in total. The van der Waals surface area contributed by atoms with Gasteiger partial charge in [-0.1, -0.05) is 18.2 Å². The second-order valence-electron chi connectivity index (χ2n) is 9.29. The van der Waals surface area contributed by atoms with Gasteiger partial charge >= 0.3 is 13.3 Å². The van der Waals surface area contributed by atoms with Gasteiger partial charge in [-0.3, -0.25) is 14.4 Å². The lowest BCUT2D eigenvalue weighted by Gasteiger charge is -2.24. The highest BCUT2D eigenvalue weighted by Crippen LogP contribution is 2.29. The zero-order chi connectivity index (χ0) is 29.4. The number of halogens is 3. The molecule has 40 heavy (non-hydrogen) atoms. The Labute approximate surface area is 229 Å². The van der Waals surface area contributed by atoms with Crippen LogP contribution < -0.4 is 33.3 Å². The van der Waals surface area contributed by atoms with Crippen LogP contribution in [0.3, 0.4) is 0 Å². The Bertz CT molecular complexity index is 1190. The summed E-state index contributed by atoms with van der Waals surface area (Å²) in [5.41, 5.74) is 18.0. The summed E-state index contributed by atoms with van der Waals surface area (Å²) >= 11 is 0. The molecule has 1 heterocycles. The first-order chi connectivity index (χ1) is 18.9. The summed E-state index contributed by atoms with van der Waals surface area (Å²) in [7, 11) is -1.15. The third kappa shape index (κ3) is 8.25. The highest BCUT2D eigenvalue weighted by atomic mass is 19.4. The van der Waals surface area contributed by atoms with Gasteiger partial charge in [0.25, 0.3) is 0 Å². The maximum atomic E-state index is 13.2. The molecule has 2 aromatic carbocycles. The number of nitrogens with zero attached hydrogens (tertiary/aromatic N) is 1. The number of anilines is 1. The fourth-order valence-corrected chi connectivity index (χ4v) is 4.16. The lowest BCUT2D eigenvalue weighted by Crippen LogP contribution is -2.52. The van der Waals surface area contributed by atoms with Crippen molar-refractivity contribution in [3.8, 4) is 0 Å². The van der Waals surface area contributed by atoms with Crippen molar-refractivity contribution in [2.45, 2.75) is 37.7 Å². The Hall–Kier alpha value is -3.50. The Balaban J connectivity index is 1.76. The molecule has 0 bridgehead atoms. The van der Waals surface area contributed by atoms with Crippen LogP contribution in [-0.4, -0.2) is 73.0 Å². The molecule has 15 heteroatoms. The van der Waals surface area contributed by atoms with Gasteiger partial charge in [0.2, 0.25) is 17.7 Å². The molecule has 2 atom stereocenters. The van der Waals surface area contributed by atoms with Crippen molar-refractivity contribution >= 4 is 36.0 Å². The van der Waals surface area contributed by atoms with Crippen LogP contribution >= 0.6 is 0 Å². The number of nitrogens with one attached hydrogen (secondary N) is 2. The van der Waals surface area contributed by atoms with Crippen molar-refractivity contribution in [1.29, 1.82) is 0 Å². The average Bonchev–Trinajstić information content (AvgIpc) is 3.27. The quantitative estimate of drug-likeness (QED) is 0.178. The van der Waals surface area contributed by atoms with Crippen molar-refractivity contribution in [1.82, 2.24) is 10.2 Å². The minimum Gasteiger partial charge on any atom is -0.423 e. The van der Waals surface area contributed by atoms with Crippen LogP contribution in [0.5, 0.6) is 0 Å². The number of carbonyl (C=O) groups excluding carboxylic acids is 3. The summed E-state index contributed by atoms with van der Waals surface area (Å²) in [6.45, 7) is 1.04. The molecule has 216 valence electrons. The van der Waals surface area contributed by atoms with Gasteiger partial charge in [-0.2, -0.15) is 13.2 Å². The van der Waals surface area contributed by atoms with E-state index in [-0.39, 0.29) is 45.6 Å². The van der Waals surface area contributed by atoms with E-state index in [1.54, 1.807) is 12.1 Å². The minimum atomic E-state index is -4.54. The number of nitrogens with two attached hydrogens (primary N) is 3. The molecular formula is C25H32BF3N6O5. The summed E-state index contributed by atoms with van der Waals surface area (Å²) in [5.74, 6) is -1.94. The average molecular weight is 564 g/mol. The molecule has 2 aromatic rings. The Kier molecular flexibility index (Phi) is 10.6. The van der Waals surface area contributed by atoms with E-state index in [2.05, 4.69) is 10.6 Å². The van der Waals surface area contributed by atoms with Crippen LogP contribution in [0.25, 0.3) is 0 Å². The van der Waals surface area contributed by atoms with Gasteiger partial charge in [0.1, 0.15) is 6.04 Å². The zero-order valence-corrected chi connectivity index (χ0v) is 21.6. The lowest BCUT2D eigenvalue weighted by molar-refractivity contribution is -0.137. The van der Waals surface area contributed by atoms with Crippen molar-refractivity contribution < 1.29 is 37.2 Å². The molecule has 9 N–H and O–H groups in total. The third-order valence-corrected chi connectivity index (χ3v) is 6.31. The molecule has 0 radical (unpaired) electrons. The van der Waals surface area contributed by atoms with E-state index in [0.29, 0.717) is 16.7 Å². The van der Waals surface area contributed by atoms with Crippen molar-refractivity contribution in [2.75, 3.05) is 31.5 Å². The van der Waals surface area contributed by atoms with Gasteiger partial charge in [0, 0.05) is 38.3 Å². The molecule has 1 aliphatic rings. The first kappa shape index (κ1) is 31.0. The van der Waals surface area contributed by atoms with Crippen LogP contribution in [0.1, 0.15) is 23.1 Å². The summed E-state index contributed by atoms with van der Waals surface area (Å²) in [6, 6.07) is 6.37. The van der Waals surface area contributed by atoms with Gasteiger partial charge in [0.05, 0.1) is 24.6 Å². The van der Waals surface area contributed by atoms with Crippen molar-refractivity contribution in [3.05, 3.63) is 59.2 Å². The maximum Gasteiger partial charge on any atom is 0.491 e. The number of fused-ring (bicyclic) bond motifs is 1. The Morgan fingerprint density at radius 2 is 1.70 bits per heavy atom. The summed E-state index contributed by atoms with van der Waals surface area (Å²) in [5, 5.41) is 15.1. The second-order valence-corrected chi connectivity index (χ2v) is 9.29. The number of carbonyl (C=O) groups is 3. The van der Waals surface area contributed by atoms with Crippen LogP contribution in [0, 0.1) is 0 Å². The predicted molar refractivity (Wildman–Crippen MR) is 142 cm³/mol. The monoisotopic (exact) mass is 564 g/mol. The summed E-state index contributed by atoms with van der Waals surface area (Å²) in [6.07, 6.45) is -5.07. The van der Waals surface area contributed by atoms with Crippen LogP contribution in [-0.2, 0) is 38.2 Å². The third-order valence-electron chi connectivity index (χ3n) is 6.31. The number of hydrogen-bond acceptors (Lipinski definition) is 8. The topological polar surface area (TPSA) is 186 Å². The van der Waals surface area contributed by atoms with Gasteiger partial charge in [-0.15, -0.1) is 0 Å². The van der Waals surface area contributed by atoms with Crippen molar-refractivity contribution in [3.63, 3.8) is 0 Å². The molecule has 3 amide bonds. The first-order valence-corrected chi connectivity index (χ1v) is 12.6. The number of rotatable bonds is 12. The first-order valence-electron chi connectivity index (χ1n) is 12.6. The van der Waals surface area contributed by atoms with E-state index < -0.39 is 48.7 Å². The Morgan fingerprint density at radius 1 is 1.05 bits per heavy atom. The van der Waals surface area contributed by atoms with Gasteiger partial charge in [-0.25, -0.2) is 0 Å². The lowest BCUT2D eigenvalue weighted by atomic mass is 9.79. The van der Waals surface area contributed by atoms with Crippen LogP contribution in [0.4, 0.5) is 18.9 Å². The van der Waals surface area contributed by atoms with E-state index in [1.807, 2.05) is 0 Å². The fraction of sp³-hybridized carbons (Fsp3) is 0.400. The zero-order valence-electron chi connectivity index (χ0n) is 21.6. The highest BCUT2D eigenvalue weighted by molar-refractivity contribution is 6.61. The Morgan fingerprint density at radius 3 is 2.30 bits per heavy atom. The van der Waals surface area contributed by atoms with E-state index in [4.69, 9.17) is 21.9 Å². The normalized spacial score (nSPS) is 14.3. The second kappa shape index (κ2) is 13.7. The molecule has 1 unspecified atom stereocenters. The standard InChI is InChI=1S/C25H32BF3N6O5/c27-25(28,29)17-4-1-15(2-5-17)11-21(24(38)33-18-6-3-16-14-40-26(39)19(16)12-18)34-23(37)20(32)13-22(36)35(9-7-30)10-8-31/h1-6,12,20-21,39H,7-11,13-14,30-32H2,(H,33,38)(H,34,37)/t20?,21-/m1/s1. The fourth-order valence-electron chi connectivity index (χ4n) is 4.16. The van der Waals surface area contributed by atoms with Gasteiger partial charge in [0.15, 0.2) is 0 Å². The highest BCUT2D eigenvalue weighted by Gasteiger charge is 2.31. The molecule has 0 aromatic heterocycles. The van der Waals surface area contributed by atoms with E-state index in [1.165, 1.54) is 23.1 Å². The molecule has 0 saturated heterocycles. The molecule has 0 saturated carbocycles. The van der Waals surface area contributed by atoms with Crippen LogP contribution in [0.15, 0.2) is 42.5 Å². The SMILES string of the molecule is NCCN(CCN)C(=O)CC(N)C(=O)N[C@H](Cc1ccc(C(F)(F)F)cc1)C(=O)Nc1ccc2c(c1)B(O)OC2. The number of amides is 3. The van der Waals surface area contributed by atoms with Crippen LogP contribution in [0.2, 0.25) is 0 Å².